The van der Waals surface area contributed by atoms with Crippen molar-refractivity contribution in [2.24, 2.45) is 28.6 Å². The molecule has 0 aliphatic heterocycles. The van der Waals surface area contributed by atoms with Crippen LogP contribution in [0.5, 0.6) is 0 Å². The van der Waals surface area contributed by atoms with E-state index >= 15 is 0 Å². The highest BCUT2D eigenvalue weighted by Gasteiger charge is 2.56. The Morgan fingerprint density at radius 2 is 1.86 bits per heavy atom. The van der Waals surface area contributed by atoms with Crippen LogP contribution in [0.1, 0.15) is 65.2 Å². The summed E-state index contributed by atoms with van der Waals surface area (Å²) in [6.45, 7) is 4.61. The summed E-state index contributed by atoms with van der Waals surface area (Å²) in [4.78, 5) is 24.2. The largest absolute Gasteiger partial charge is 0.300 e. The van der Waals surface area contributed by atoms with Gasteiger partial charge in [-0.2, -0.15) is 0 Å². The zero-order chi connectivity index (χ0) is 14.8. The molecule has 0 spiro atoms. The van der Waals surface area contributed by atoms with Gasteiger partial charge in [0.25, 0.3) is 0 Å². The molecule has 0 unspecified atom stereocenters. The monoisotopic (exact) mass is 286 g/mol. The molecular formula is C19H26O2. The summed E-state index contributed by atoms with van der Waals surface area (Å²) in [6.07, 6.45) is 10.2. The fourth-order valence-corrected chi connectivity index (χ4v) is 6.10. The second kappa shape index (κ2) is 4.30. The molecule has 4 aliphatic carbocycles. The van der Waals surface area contributed by atoms with Gasteiger partial charge < -0.3 is 0 Å². The summed E-state index contributed by atoms with van der Waals surface area (Å²) in [7, 11) is 0. The molecule has 0 heterocycles. The number of hydrogen-bond donors (Lipinski definition) is 0. The third kappa shape index (κ3) is 1.71. The van der Waals surface area contributed by atoms with Gasteiger partial charge in [-0.3, -0.25) is 9.59 Å². The molecule has 4 aliphatic rings. The van der Waals surface area contributed by atoms with Crippen molar-refractivity contribution in [2.45, 2.75) is 65.2 Å². The standard InChI is InChI=1S/C19H26O2/c1-18-9-7-13(20)11-12(18)3-4-14-15-5-6-17(21)19(15,2)10-8-16(14)18/h8,12,14-15H,3-7,9-11H2,1-2H3/t12-,14-,15-,18-,19-/m1/s1. The lowest BCUT2D eigenvalue weighted by Crippen LogP contribution is -2.48. The fraction of sp³-hybridized carbons (Fsp3) is 0.789. The third-order valence-corrected chi connectivity index (χ3v) is 7.55. The predicted molar refractivity (Wildman–Crippen MR) is 81.7 cm³/mol. The molecule has 2 heteroatoms. The maximum atomic E-state index is 12.3. The summed E-state index contributed by atoms with van der Waals surface area (Å²) in [6, 6.07) is 0. The number of carbonyl (C=O) groups excluding carboxylic acids is 2. The van der Waals surface area contributed by atoms with Crippen LogP contribution in [-0.2, 0) is 9.59 Å². The van der Waals surface area contributed by atoms with Crippen molar-refractivity contribution in [2.75, 3.05) is 0 Å². The topological polar surface area (TPSA) is 34.1 Å². The van der Waals surface area contributed by atoms with Crippen LogP contribution in [0.4, 0.5) is 0 Å². The highest BCUT2D eigenvalue weighted by molar-refractivity contribution is 5.87. The molecule has 0 saturated heterocycles. The Hall–Kier alpha value is -0.920. The molecule has 3 fully saturated rings. The lowest BCUT2D eigenvalue weighted by atomic mass is 9.49. The first-order chi connectivity index (χ1) is 9.95. The van der Waals surface area contributed by atoms with Gasteiger partial charge in [-0.05, 0) is 55.3 Å². The highest BCUT2D eigenvalue weighted by atomic mass is 16.1. The van der Waals surface area contributed by atoms with E-state index in [-0.39, 0.29) is 10.8 Å². The first-order valence-corrected chi connectivity index (χ1v) is 8.71. The minimum absolute atomic E-state index is 0.0815. The van der Waals surface area contributed by atoms with E-state index in [1.807, 2.05) is 0 Å². The van der Waals surface area contributed by atoms with Crippen LogP contribution in [-0.4, -0.2) is 11.6 Å². The van der Waals surface area contributed by atoms with Crippen molar-refractivity contribution in [3.63, 3.8) is 0 Å². The average Bonchev–Trinajstić information content (AvgIpc) is 2.76. The number of rotatable bonds is 0. The number of allylic oxidation sites excluding steroid dienone is 2. The van der Waals surface area contributed by atoms with Gasteiger partial charge in [-0.15, -0.1) is 0 Å². The van der Waals surface area contributed by atoms with Crippen molar-refractivity contribution in [1.82, 2.24) is 0 Å². The minimum Gasteiger partial charge on any atom is -0.300 e. The Bertz CT molecular complexity index is 546. The summed E-state index contributed by atoms with van der Waals surface area (Å²) in [5.74, 6) is 2.70. The van der Waals surface area contributed by atoms with E-state index in [1.54, 1.807) is 5.57 Å². The van der Waals surface area contributed by atoms with Gasteiger partial charge in [-0.1, -0.05) is 25.5 Å². The lowest BCUT2D eigenvalue weighted by Gasteiger charge is -2.54. The van der Waals surface area contributed by atoms with Gasteiger partial charge >= 0.3 is 0 Å². The third-order valence-electron chi connectivity index (χ3n) is 7.55. The Kier molecular flexibility index (Phi) is 2.81. The first kappa shape index (κ1) is 13.7. The Labute approximate surface area is 127 Å². The average molecular weight is 286 g/mol. The number of carbonyl (C=O) groups is 2. The van der Waals surface area contributed by atoms with Crippen LogP contribution in [0, 0.1) is 28.6 Å². The summed E-state index contributed by atoms with van der Waals surface area (Å²) >= 11 is 0. The van der Waals surface area contributed by atoms with Gasteiger partial charge in [0.15, 0.2) is 0 Å². The summed E-state index contributed by atoms with van der Waals surface area (Å²) < 4.78 is 0. The molecule has 4 rings (SSSR count). The van der Waals surface area contributed by atoms with E-state index in [1.165, 1.54) is 12.8 Å². The SMILES string of the molecule is C[C@@]12CCC(=O)C[C@H]1CC[C@H]1C2=CC[C@@]2(C)C(=O)CC[C@H]12. The molecule has 0 aromatic heterocycles. The van der Waals surface area contributed by atoms with Crippen LogP contribution in [0.25, 0.3) is 0 Å². The second-order valence-electron chi connectivity index (χ2n) is 8.39. The normalized spacial score (nSPS) is 49.2. The molecular weight excluding hydrogens is 260 g/mol. The molecule has 0 aromatic rings. The van der Waals surface area contributed by atoms with E-state index in [0.717, 1.165) is 38.5 Å². The quantitative estimate of drug-likeness (QED) is 0.629. The zero-order valence-corrected chi connectivity index (χ0v) is 13.3. The Morgan fingerprint density at radius 3 is 2.67 bits per heavy atom. The van der Waals surface area contributed by atoms with Crippen molar-refractivity contribution < 1.29 is 9.59 Å². The number of fused-ring (bicyclic) bond motifs is 5. The Balaban J connectivity index is 1.72. The lowest BCUT2D eigenvalue weighted by molar-refractivity contribution is -0.128. The molecule has 21 heavy (non-hydrogen) atoms. The van der Waals surface area contributed by atoms with Gasteiger partial charge in [-0.25, -0.2) is 0 Å². The number of hydrogen-bond acceptors (Lipinski definition) is 2. The van der Waals surface area contributed by atoms with Crippen LogP contribution >= 0.6 is 0 Å². The maximum absolute atomic E-state index is 12.3. The minimum atomic E-state index is -0.0815. The summed E-state index contributed by atoms with van der Waals surface area (Å²) in [5.41, 5.74) is 1.79. The fourth-order valence-electron chi connectivity index (χ4n) is 6.10. The van der Waals surface area contributed by atoms with Crippen LogP contribution in [0.3, 0.4) is 0 Å². The predicted octanol–water partition coefficient (Wildman–Crippen LogP) is 4.09. The van der Waals surface area contributed by atoms with E-state index in [9.17, 15) is 9.59 Å². The highest BCUT2D eigenvalue weighted by Crippen LogP contribution is 2.62. The van der Waals surface area contributed by atoms with Gasteiger partial charge in [0.2, 0.25) is 0 Å². The Morgan fingerprint density at radius 1 is 1.05 bits per heavy atom. The molecule has 3 saturated carbocycles. The van der Waals surface area contributed by atoms with Crippen molar-refractivity contribution in [3.8, 4) is 0 Å². The van der Waals surface area contributed by atoms with Crippen LogP contribution in [0.15, 0.2) is 11.6 Å². The number of ketones is 2. The molecule has 2 nitrogen and oxygen atoms in total. The molecule has 0 radical (unpaired) electrons. The van der Waals surface area contributed by atoms with E-state index < -0.39 is 0 Å². The van der Waals surface area contributed by atoms with Gasteiger partial charge in [0, 0.05) is 24.7 Å². The van der Waals surface area contributed by atoms with Gasteiger partial charge in [0.05, 0.1) is 0 Å². The van der Waals surface area contributed by atoms with Crippen molar-refractivity contribution in [3.05, 3.63) is 11.6 Å². The maximum Gasteiger partial charge on any atom is 0.139 e. The van der Waals surface area contributed by atoms with Crippen molar-refractivity contribution in [1.29, 1.82) is 0 Å². The van der Waals surface area contributed by atoms with Crippen LogP contribution in [0.2, 0.25) is 0 Å². The van der Waals surface area contributed by atoms with Crippen molar-refractivity contribution >= 4 is 11.6 Å². The van der Waals surface area contributed by atoms with E-state index in [2.05, 4.69) is 19.9 Å². The van der Waals surface area contributed by atoms with E-state index in [4.69, 9.17) is 0 Å². The van der Waals surface area contributed by atoms with E-state index in [0.29, 0.717) is 29.3 Å². The molecule has 5 atom stereocenters. The molecule has 114 valence electrons. The second-order valence-corrected chi connectivity index (χ2v) is 8.39. The molecule has 0 bridgehead atoms. The number of Topliss-reactive ketones (excluding diaryl/α,β-unsaturated/α-hetero) is 2. The molecule has 0 N–H and O–H groups in total. The molecule has 0 amide bonds. The molecule has 0 aromatic carbocycles. The van der Waals surface area contributed by atoms with Crippen LogP contribution < -0.4 is 0 Å². The van der Waals surface area contributed by atoms with Gasteiger partial charge in [0.1, 0.15) is 11.6 Å². The first-order valence-electron chi connectivity index (χ1n) is 8.71. The smallest absolute Gasteiger partial charge is 0.139 e. The summed E-state index contributed by atoms with van der Waals surface area (Å²) in [5, 5.41) is 0. The zero-order valence-electron chi connectivity index (χ0n) is 13.3.